The highest BCUT2D eigenvalue weighted by atomic mass is 16.3. The Morgan fingerprint density at radius 1 is 1.33 bits per heavy atom. The Labute approximate surface area is 89.1 Å². The molecule has 0 bridgehead atoms. The number of benzene rings is 1. The quantitative estimate of drug-likeness (QED) is 0.760. The van der Waals surface area contributed by atoms with Gasteiger partial charge in [0.25, 0.3) is 0 Å². The van der Waals surface area contributed by atoms with Crippen LogP contribution in [0.2, 0.25) is 0 Å². The van der Waals surface area contributed by atoms with E-state index in [-0.39, 0.29) is 11.7 Å². The molecule has 1 fully saturated rings. The second-order valence-corrected chi connectivity index (χ2v) is 4.00. The van der Waals surface area contributed by atoms with Gasteiger partial charge in [-0.3, -0.25) is 4.79 Å². The number of rotatable bonds is 2. The lowest BCUT2D eigenvalue weighted by molar-refractivity contribution is -0.123. The minimum Gasteiger partial charge on any atom is -0.508 e. The molecule has 0 amide bonds. The average Bonchev–Trinajstić information content (AvgIpc) is 2.25. The van der Waals surface area contributed by atoms with Crippen LogP contribution < -0.4 is 5.32 Å². The lowest BCUT2D eigenvalue weighted by Crippen LogP contribution is -2.37. The van der Waals surface area contributed by atoms with Crippen LogP contribution in [0.25, 0.3) is 0 Å². The predicted octanol–water partition coefficient (Wildman–Crippen LogP) is 1.11. The van der Waals surface area contributed by atoms with Crippen LogP contribution in [0.15, 0.2) is 24.3 Å². The minimum atomic E-state index is 0.149. The number of carbonyl (C=O) groups is 1. The number of phenols is 1. The van der Waals surface area contributed by atoms with E-state index in [1.54, 1.807) is 12.1 Å². The van der Waals surface area contributed by atoms with Crippen molar-refractivity contribution in [2.24, 2.45) is 5.92 Å². The highest BCUT2D eigenvalue weighted by Gasteiger charge is 2.21. The zero-order valence-electron chi connectivity index (χ0n) is 8.57. The summed E-state index contributed by atoms with van der Waals surface area (Å²) < 4.78 is 0. The molecule has 1 aromatic carbocycles. The topological polar surface area (TPSA) is 49.3 Å². The number of ketones is 1. The Balaban J connectivity index is 2.01. The van der Waals surface area contributed by atoms with E-state index >= 15 is 0 Å². The third-order valence-electron chi connectivity index (χ3n) is 2.84. The number of Topliss-reactive ketones (excluding diaryl/α,β-unsaturated/α-hetero) is 1. The summed E-state index contributed by atoms with van der Waals surface area (Å²) in [5, 5.41) is 12.2. The summed E-state index contributed by atoms with van der Waals surface area (Å²) in [5.41, 5.74) is 1.12. The molecule has 1 heterocycles. The van der Waals surface area contributed by atoms with Gasteiger partial charge in [-0.05, 0) is 37.1 Å². The predicted molar refractivity (Wildman–Crippen MR) is 57.8 cm³/mol. The molecule has 0 radical (unpaired) electrons. The molecular formula is C12H15NO2. The molecule has 1 atom stereocenters. The van der Waals surface area contributed by atoms with Gasteiger partial charge in [-0.2, -0.15) is 0 Å². The highest BCUT2D eigenvalue weighted by molar-refractivity contribution is 5.83. The molecule has 3 heteroatoms. The molecule has 0 aromatic heterocycles. The maximum atomic E-state index is 11.6. The van der Waals surface area contributed by atoms with Crippen LogP contribution >= 0.6 is 0 Å². The smallest absolute Gasteiger partial charge is 0.150 e. The van der Waals surface area contributed by atoms with Crippen molar-refractivity contribution < 1.29 is 9.90 Å². The summed E-state index contributed by atoms with van der Waals surface area (Å²) in [5.74, 6) is 0.723. The number of aromatic hydroxyl groups is 1. The van der Waals surface area contributed by atoms with Gasteiger partial charge in [0.2, 0.25) is 0 Å². The van der Waals surface area contributed by atoms with Crippen LogP contribution in [-0.2, 0) is 11.2 Å². The Morgan fingerprint density at radius 2 is 2.07 bits per heavy atom. The van der Waals surface area contributed by atoms with Gasteiger partial charge in [0, 0.05) is 5.92 Å². The van der Waals surface area contributed by atoms with Gasteiger partial charge in [0.05, 0.1) is 6.54 Å². The highest BCUT2D eigenvalue weighted by Crippen LogP contribution is 2.17. The van der Waals surface area contributed by atoms with E-state index in [0.29, 0.717) is 12.3 Å². The molecule has 2 N–H and O–H groups in total. The number of hydrogen-bond acceptors (Lipinski definition) is 3. The summed E-state index contributed by atoms with van der Waals surface area (Å²) in [7, 11) is 0. The average molecular weight is 205 g/mol. The second-order valence-electron chi connectivity index (χ2n) is 4.00. The maximum Gasteiger partial charge on any atom is 0.150 e. The minimum absolute atomic E-state index is 0.149. The van der Waals surface area contributed by atoms with Crippen molar-refractivity contribution in [1.29, 1.82) is 0 Å². The van der Waals surface area contributed by atoms with Crippen LogP contribution in [-0.4, -0.2) is 24.0 Å². The fraction of sp³-hybridized carbons (Fsp3) is 0.417. The number of nitrogens with one attached hydrogen (secondary N) is 1. The van der Waals surface area contributed by atoms with E-state index in [0.717, 1.165) is 24.9 Å². The van der Waals surface area contributed by atoms with Crippen molar-refractivity contribution in [3.63, 3.8) is 0 Å². The lowest BCUT2D eigenvalue weighted by atomic mass is 9.90. The second kappa shape index (κ2) is 4.45. The maximum absolute atomic E-state index is 11.6. The molecule has 0 saturated carbocycles. The first kappa shape index (κ1) is 10.2. The van der Waals surface area contributed by atoms with Gasteiger partial charge in [-0.15, -0.1) is 0 Å². The van der Waals surface area contributed by atoms with E-state index in [1.807, 2.05) is 12.1 Å². The SMILES string of the molecule is O=C1CNCCC1Cc1ccc(O)cc1. The van der Waals surface area contributed by atoms with Gasteiger partial charge < -0.3 is 10.4 Å². The first-order valence-electron chi connectivity index (χ1n) is 5.27. The largest absolute Gasteiger partial charge is 0.508 e. The number of phenolic OH excluding ortho intramolecular Hbond substituents is 1. The van der Waals surface area contributed by atoms with Crippen LogP contribution in [0, 0.1) is 5.92 Å². The van der Waals surface area contributed by atoms with Crippen LogP contribution in [0.1, 0.15) is 12.0 Å². The number of piperidine rings is 1. The molecule has 3 nitrogen and oxygen atoms in total. The molecular weight excluding hydrogens is 190 g/mol. The first-order chi connectivity index (χ1) is 7.25. The van der Waals surface area contributed by atoms with Gasteiger partial charge >= 0.3 is 0 Å². The van der Waals surface area contributed by atoms with Gasteiger partial charge in [-0.25, -0.2) is 0 Å². The molecule has 1 aliphatic heterocycles. The zero-order valence-corrected chi connectivity index (χ0v) is 8.57. The summed E-state index contributed by atoms with van der Waals surface area (Å²) >= 11 is 0. The third-order valence-corrected chi connectivity index (χ3v) is 2.84. The number of carbonyl (C=O) groups excluding carboxylic acids is 1. The van der Waals surface area contributed by atoms with Crippen molar-refractivity contribution in [3.05, 3.63) is 29.8 Å². The van der Waals surface area contributed by atoms with E-state index in [1.165, 1.54) is 0 Å². The molecule has 1 unspecified atom stereocenters. The van der Waals surface area contributed by atoms with Gasteiger partial charge in [-0.1, -0.05) is 12.1 Å². The summed E-state index contributed by atoms with van der Waals surface area (Å²) in [4.78, 5) is 11.6. The monoisotopic (exact) mass is 205 g/mol. The van der Waals surface area contributed by atoms with E-state index < -0.39 is 0 Å². The van der Waals surface area contributed by atoms with E-state index in [9.17, 15) is 4.79 Å². The van der Waals surface area contributed by atoms with Crippen LogP contribution in [0.3, 0.4) is 0 Å². The van der Waals surface area contributed by atoms with E-state index in [4.69, 9.17) is 5.11 Å². The van der Waals surface area contributed by atoms with Gasteiger partial charge in [0.1, 0.15) is 11.5 Å². The van der Waals surface area contributed by atoms with Crippen molar-refractivity contribution in [3.8, 4) is 5.75 Å². The molecule has 1 saturated heterocycles. The Morgan fingerprint density at radius 3 is 2.73 bits per heavy atom. The first-order valence-corrected chi connectivity index (χ1v) is 5.27. The molecule has 0 spiro atoms. The molecule has 80 valence electrons. The number of hydrogen-bond donors (Lipinski definition) is 2. The van der Waals surface area contributed by atoms with Crippen molar-refractivity contribution in [2.45, 2.75) is 12.8 Å². The molecule has 1 aromatic rings. The molecule has 2 rings (SSSR count). The Hall–Kier alpha value is -1.35. The molecule has 0 aliphatic carbocycles. The zero-order chi connectivity index (χ0) is 10.7. The summed E-state index contributed by atoms with van der Waals surface area (Å²) in [6.45, 7) is 1.43. The molecule has 1 aliphatic rings. The van der Waals surface area contributed by atoms with Crippen molar-refractivity contribution in [1.82, 2.24) is 5.32 Å². The lowest BCUT2D eigenvalue weighted by Gasteiger charge is -2.21. The van der Waals surface area contributed by atoms with Crippen LogP contribution in [0.5, 0.6) is 5.75 Å². The van der Waals surface area contributed by atoms with Crippen molar-refractivity contribution >= 4 is 5.78 Å². The van der Waals surface area contributed by atoms with Gasteiger partial charge in [0.15, 0.2) is 0 Å². The fourth-order valence-corrected chi connectivity index (χ4v) is 1.93. The fourth-order valence-electron chi connectivity index (χ4n) is 1.93. The van der Waals surface area contributed by atoms with Crippen LogP contribution in [0.4, 0.5) is 0 Å². The van der Waals surface area contributed by atoms with Crippen molar-refractivity contribution in [2.75, 3.05) is 13.1 Å². The normalized spacial score (nSPS) is 21.6. The summed E-state index contributed by atoms with van der Waals surface area (Å²) in [6.07, 6.45) is 1.71. The third kappa shape index (κ3) is 2.57. The summed E-state index contributed by atoms with van der Waals surface area (Å²) in [6, 6.07) is 7.09. The molecule has 15 heavy (non-hydrogen) atoms. The van der Waals surface area contributed by atoms with E-state index in [2.05, 4.69) is 5.32 Å². The Kier molecular flexibility index (Phi) is 3.02. The Bertz CT molecular complexity index is 345. The standard InChI is InChI=1S/C12H15NO2/c14-11-3-1-9(2-4-11)7-10-5-6-13-8-12(10)15/h1-4,10,13-14H,5-8H2.